The van der Waals surface area contributed by atoms with Crippen LogP contribution in [0.1, 0.15) is 42.6 Å². The van der Waals surface area contributed by atoms with Crippen molar-refractivity contribution in [3.8, 4) is 5.75 Å². The summed E-state index contributed by atoms with van der Waals surface area (Å²) in [5, 5.41) is 20.8. The number of anilines is 1. The molecule has 8 nitrogen and oxygen atoms in total. The van der Waals surface area contributed by atoms with Crippen LogP contribution in [0.15, 0.2) is 72.7 Å². The number of esters is 1. The molecular weight excluding hydrogens is 468 g/mol. The number of nitrogens with zero attached hydrogens (tertiary/aromatic N) is 1. The number of carbonyl (C=O) groups is 1. The summed E-state index contributed by atoms with van der Waals surface area (Å²) in [5.41, 5.74) is 1.33. The number of aliphatic hydroxyl groups is 2. The largest absolute Gasteiger partial charge is 0.493 e. The molecule has 0 amide bonds. The second-order valence-electron chi connectivity index (χ2n) is 9.35. The van der Waals surface area contributed by atoms with Gasteiger partial charge in [0, 0.05) is 6.61 Å². The number of benzene rings is 3. The Kier molecular flexibility index (Phi) is 6.73. The van der Waals surface area contributed by atoms with E-state index in [4.69, 9.17) is 4.74 Å². The number of carbonyl (C=O) groups excluding carboxylic acids is 1. The molecule has 184 valence electrons. The lowest BCUT2D eigenvalue weighted by Crippen LogP contribution is -2.30. The zero-order chi connectivity index (χ0) is 25.2. The number of aliphatic hydroxyl groups excluding tert-OH is 2. The lowest BCUT2D eigenvalue weighted by molar-refractivity contribution is 0.0735. The molecule has 4 rings (SSSR count). The molecule has 0 aliphatic carbocycles. The fourth-order valence-electron chi connectivity index (χ4n) is 3.89. The highest BCUT2D eigenvalue weighted by Gasteiger charge is 2.32. The van der Waals surface area contributed by atoms with Gasteiger partial charge in [-0.05, 0) is 65.3 Å². The summed E-state index contributed by atoms with van der Waals surface area (Å²) in [6, 6.07) is 17.5. The Labute approximate surface area is 204 Å². The van der Waals surface area contributed by atoms with E-state index in [1.807, 2.05) is 36.8 Å². The third kappa shape index (κ3) is 5.58. The van der Waals surface area contributed by atoms with Gasteiger partial charge in [-0.3, -0.25) is 0 Å². The average molecular weight is 497 g/mol. The predicted molar refractivity (Wildman–Crippen MR) is 134 cm³/mol. The maximum Gasteiger partial charge on any atom is 0.343 e. The van der Waals surface area contributed by atoms with Crippen LogP contribution in [0.4, 0.5) is 5.69 Å². The van der Waals surface area contributed by atoms with Gasteiger partial charge in [-0.25, -0.2) is 13.8 Å². The fraction of sp³-hybridized carbons (Fsp3) is 0.269. The predicted octanol–water partition coefficient (Wildman–Crippen LogP) is 4.41. The summed E-state index contributed by atoms with van der Waals surface area (Å²) in [4.78, 5) is 12.7. The molecule has 0 radical (unpaired) electrons. The molecule has 0 atom stereocenters. The van der Waals surface area contributed by atoms with Crippen LogP contribution in [0.5, 0.6) is 5.75 Å². The highest BCUT2D eigenvalue weighted by Crippen LogP contribution is 2.37. The summed E-state index contributed by atoms with van der Waals surface area (Å²) in [7, 11) is -4.10. The van der Waals surface area contributed by atoms with Crippen molar-refractivity contribution in [1.82, 2.24) is 4.72 Å². The molecule has 0 spiro atoms. The summed E-state index contributed by atoms with van der Waals surface area (Å²) >= 11 is 0. The molecule has 0 bridgehead atoms. The molecule has 35 heavy (non-hydrogen) atoms. The zero-order valence-corrected chi connectivity index (χ0v) is 20.4. The van der Waals surface area contributed by atoms with Crippen LogP contribution in [0.25, 0.3) is 10.8 Å². The average Bonchev–Trinajstić information content (AvgIpc) is 3.10. The first-order valence-electron chi connectivity index (χ1n) is 11.3. The van der Waals surface area contributed by atoms with E-state index in [-0.39, 0.29) is 23.5 Å². The monoisotopic (exact) mass is 496 g/mol. The highest BCUT2D eigenvalue weighted by molar-refractivity contribution is 7.91. The van der Waals surface area contributed by atoms with E-state index >= 15 is 0 Å². The van der Waals surface area contributed by atoms with E-state index in [1.54, 1.807) is 42.5 Å². The SMILES string of the molecule is CC(C)(CO)CCCc1ccc2cc(OC(=O)c3ccccc3)c(N3C=C(O)NS3(=O)=O)cc2c1. The maximum absolute atomic E-state index is 12.7. The Balaban J connectivity index is 1.71. The molecule has 1 heterocycles. The van der Waals surface area contributed by atoms with Gasteiger partial charge in [-0.15, -0.1) is 0 Å². The minimum atomic E-state index is -4.10. The second-order valence-corrected chi connectivity index (χ2v) is 10.9. The molecule has 0 saturated carbocycles. The van der Waals surface area contributed by atoms with Crippen molar-refractivity contribution in [2.75, 3.05) is 10.9 Å². The fourth-order valence-corrected chi connectivity index (χ4v) is 4.95. The number of ether oxygens (including phenoxy) is 1. The smallest absolute Gasteiger partial charge is 0.343 e. The van der Waals surface area contributed by atoms with Gasteiger partial charge in [0.05, 0.1) is 11.8 Å². The van der Waals surface area contributed by atoms with E-state index in [0.717, 1.165) is 46.1 Å². The van der Waals surface area contributed by atoms with Crippen LogP contribution in [0.2, 0.25) is 0 Å². The minimum Gasteiger partial charge on any atom is -0.493 e. The zero-order valence-electron chi connectivity index (χ0n) is 19.6. The first-order chi connectivity index (χ1) is 16.6. The Bertz CT molecular complexity index is 1380. The van der Waals surface area contributed by atoms with E-state index < -0.39 is 22.1 Å². The molecule has 0 aromatic heterocycles. The van der Waals surface area contributed by atoms with Gasteiger partial charge >= 0.3 is 16.2 Å². The number of nitrogens with one attached hydrogen (secondary N) is 1. The lowest BCUT2D eigenvalue weighted by atomic mass is 9.87. The second kappa shape index (κ2) is 9.59. The van der Waals surface area contributed by atoms with Crippen LogP contribution < -0.4 is 13.8 Å². The van der Waals surface area contributed by atoms with E-state index in [0.29, 0.717) is 5.56 Å². The van der Waals surface area contributed by atoms with Crippen molar-refractivity contribution in [2.45, 2.75) is 33.1 Å². The van der Waals surface area contributed by atoms with Gasteiger partial charge in [0.25, 0.3) is 0 Å². The Morgan fingerprint density at radius 1 is 1.06 bits per heavy atom. The van der Waals surface area contributed by atoms with Gasteiger partial charge in [-0.2, -0.15) is 8.42 Å². The van der Waals surface area contributed by atoms with Crippen molar-refractivity contribution >= 4 is 32.6 Å². The van der Waals surface area contributed by atoms with Crippen LogP contribution in [-0.4, -0.2) is 31.2 Å². The minimum absolute atomic E-state index is 0.0418. The maximum atomic E-state index is 12.7. The lowest BCUT2D eigenvalue weighted by Gasteiger charge is -2.21. The van der Waals surface area contributed by atoms with Crippen LogP contribution in [0, 0.1) is 5.41 Å². The highest BCUT2D eigenvalue weighted by atomic mass is 32.2. The standard InChI is InChI=1S/C26H28N2O6S/c1-26(2,17-29)12-6-7-18-10-11-20-15-23(34-25(31)19-8-4-3-5-9-19)22(14-21(20)13-18)28-16-24(30)27-35(28,32)33/h3-5,8-11,13-16,27,29-30H,6-7,12,17H2,1-2H3. The van der Waals surface area contributed by atoms with Gasteiger partial charge < -0.3 is 14.9 Å². The van der Waals surface area contributed by atoms with Crippen LogP contribution >= 0.6 is 0 Å². The van der Waals surface area contributed by atoms with Crippen molar-refractivity contribution in [3.05, 3.63) is 83.9 Å². The summed E-state index contributed by atoms with van der Waals surface area (Å²) in [5.74, 6) is -1.13. The molecule has 1 aliphatic heterocycles. The molecule has 3 aromatic carbocycles. The number of hydrogen-bond donors (Lipinski definition) is 3. The first-order valence-corrected chi connectivity index (χ1v) is 12.7. The molecule has 9 heteroatoms. The molecule has 1 aliphatic rings. The topological polar surface area (TPSA) is 116 Å². The summed E-state index contributed by atoms with van der Waals surface area (Å²) in [6.07, 6.45) is 3.57. The molecule has 0 fully saturated rings. The third-order valence-corrected chi connectivity index (χ3v) is 7.20. The quantitative estimate of drug-likeness (QED) is 0.314. The van der Waals surface area contributed by atoms with Crippen molar-refractivity contribution in [3.63, 3.8) is 0 Å². The van der Waals surface area contributed by atoms with Crippen LogP contribution in [0.3, 0.4) is 0 Å². The summed E-state index contributed by atoms with van der Waals surface area (Å²) < 4.78 is 33.7. The molecule has 0 unspecified atom stereocenters. The van der Waals surface area contributed by atoms with E-state index in [1.165, 1.54) is 0 Å². The van der Waals surface area contributed by atoms with E-state index in [9.17, 15) is 23.4 Å². The molecule has 0 saturated heterocycles. The van der Waals surface area contributed by atoms with Crippen molar-refractivity contribution < 1.29 is 28.2 Å². The van der Waals surface area contributed by atoms with Gasteiger partial charge in [0.2, 0.25) is 5.88 Å². The third-order valence-electron chi connectivity index (χ3n) is 5.91. The molecule has 3 N–H and O–H groups in total. The Hall–Kier alpha value is -3.56. The van der Waals surface area contributed by atoms with Gasteiger partial charge in [0.1, 0.15) is 5.69 Å². The Morgan fingerprint density at radius 2 is 1.80 bits per heavy atom. The number of rotatable bonds is 8. The number of fused-ring (bicyclic) bond motifs is 1. The van der Waals surface area contributed by atoms with Gasteiger partial charge in [-0.1, -0.05) is 50.2 Å². The first kappa shape index (κ1) is 24.6. The van der Waals surface area contributed by atoms with Crippen molar-refractivity contribution in [2.24, 2.45) is 5.41 Å². The van der Waals surface area contributed by atoms with Crippen LogP contribution in [-0.2, 0) is 16.6 Å². The number of aryl methyl sites for hydroxylation is 1. The van der Waals surface area contributed by atoms with Crippen molar-refractivity contribution in [1.29, 1.82) is 0 Å². The normalized spacial score (nSPS) is 15.1. The van der Waals surface area contributed by atoms with Gasteiger partial charge in [0.15, 0.2) is 5.75 Å². The van der Waals surface area contributed by atoms with E-state index in [2.05, 4.69) is 0 Å². The summed E-state index contributed by atoms with van der Waals surface area (Å²) in [6.45, 7) is 4.16. The molecular formula is C26H28N2O6S. The Morgan fingerprint density at radius 3 is 2.46 bits per heavy atom. The number of hydrogen-bond acceptors (Lipinski definition) is 6. The molecule has 3 aromatic rings.